The van der Waals surface area contributed by atoms with Crippen molar-refractivity contribution in [3.05, 3.63) is 12.2 Å². The summed E-state index contributed by atoms with van der Waals surface area (Å²) in [5.74, 6) is 0.898. The van der Waals surface area contributed by atoms with Crippen LogP contribution in [-0.4, -0.2) is 0 Å². The first-order chi connectivity index (χ1) is 6.01. The molecule has 82 valence electrons. The van der Waals surface area contributed by atoms with Gasteiger partial charge in [-0.1, -0.05) is 40.3 Å². The lowest BCUT2D eigenvalue weighted by Gasteiger charge is -2.49. The van der Waals surface area contributed by atoms with Crippen molar-refractivity contribution in [3.63, 3.8) is 0 Å². The molecule has 2 fully saturated rings. The highest BCUT2D eigenvalue weighted by molar-refractivity contribution is 5.21. The highest BCUT2D eigenvalue weighted by atomic mass is 14.6. The second kappa shape index (κ2) is 3.40. The van der Waals surface area contributed by atoms with E-state index in [0.29, 0.717) is 10.8 Å². The number of rotatable bonds is 0. The van der Waals surface area contributed by atoms with Gasteiger partial charge in [0.1, 0.15) is 0 Å². The van der Waals surface area contributed by atoms with Gasteiger partial charge < -0.3 is 0 Å². The van der Waals surface area contributed by atoms with E-state index in [1.165, 1.54) is 37.7 Å². The van der Waals surface area contributed by atoms with E-state index < -0.39 is 0 Å². The molecule has 0 heteroatoms. The van der Waals surface area contributed by atoms with Crippen LogP contribution in [0.15, 0.2) is 12.2 Å². The van der Waals surface area contributed by atoms with Crippen molar-refractivity contribution < 1.29 is 0 Å². The summed E-state index contributed by atoms with van der Waals surface area (Å²) in [6.07, 6.45) is 6.85. The van der Waals surface area contributed by atoms with E-state index in [1.54, 1.807) is 0 Å². The maximum absolute atomic E-state index is 4.31. The van der Waals surface area contributed by atoms with Gasteiger partial charge in [0.15, 0.2) is 0 Å². The summed E-state index contributed by atoms with van der Waals surface area (Å²) in [7, 11) is 0. The Balaban J connectivity index is 0.000000980. The second-order valence-corrected chi connectivity index (χ2v) is 5.65. The Morgan fingerprint density at radius 1 is 1.29 bits per heavy atom. The fourth-order valence-corrected chi connectivity index (χ4v) is 3.70. The smallest absolute Gasteiger partial charge is 0.00627 e. The van der Waals surface area contributed by atoms with Crippen molar-refractivity contribution in [3.8, 4) is 0 Å². The Kier molecular flexibility index (Phi) is 2.87. The maximum atomic E-state index is 4.31. The van der Waals surface area contributed by atoms with E-state index in [-0.39, 0.29) is 7.43 Å². The molecular formula is C14H26. The van der Waals surface area contributed by atoms with Crippen LogP contribution < -0.4 is 0 Å². The van der Waals surface area contributed by atoms with Crippen molar-refractivity contribution in [2.45, 2.75) is 60.3 Å². The van der Waals surface area contributed by atoms with Crippen molar-refractivity contribution in [1.82, 2.24) is 0 Å². The molecule has 2 aliphatic rings. The zero-order chi connectivity index (χ0) is 9.69. The van der Waals surface area contributed by atoms with Gasteiger partial charge in [-0.25, -0.2) is 0 Å². The summed E-state index contributed by atoms with van der Waals surface area (Å²) >= 11 is 0. The molecule has 0 saturated heterocycles. The van der Waals surface area contributed by atoms with Gasteiger partial charge in [0.2, 0.25) is 0 Å². The minimum Gasteiger partial charge on any atom is -0.0993 e. The average molecular weight is 194 g/mol. The molecule has 3 atom stereocenters. The molecule has 0 amide bonds. The molecule has 0 radical (unpaired) electrons. The SMILES string of the molecule is C.C=C1CCCC2(C)C(C)CC[C@@]12C. The summed E-state index contributed by atoms with van der Waals surface area (Å²) in [6.45, 7) is 11.7. The van der Waals surface area contributed by atoms with E-state index in [0.717, 1.165) is 5.92 Å². The van der Waals surface area contributed by atoms with Crippen molar-refractivity contribution >= 4 is 0 Å². The molecule has 14 heavy (non-hydrogen) atoms. The highest BCUT2D eigenvalue weighted by Gasteiger charge is 2.54. The third-order valence-corrected chi connectivity index (χ3v) is 5.38. The number of hydrogen-bond acceptors (Lipinski definition) is 0. The van der Waals surface area contributed by atoms with Gasteiger partial charge in [0, 0.05) is 0 Å². The minimum atomic E-state index is 0. The molecule has 2 unspecified atom stereocenters. The molecule has 2 saturated carbocycles. The van der Waals surface area contributed by atoms with Crippen LogP contribution in [0.4, 0.5) is 0 Å². The van der Waals surface area contributed by atoms with E-state index in [9.17, 15) is 0 Å². The van der Waals surface area contributed by atoms with Crippen molar-refractivity contribution in [2.24, 2.45) is 16.7 Å². The molecular weight excluding hydrogens is 168 g/mol. The first-order valence-corrected chi connectivity index (χ1v) is 5.69. The van der Waals surface area contributed by atoms with E-state index in [1.807, 2.05) is 0 Å². The van der Waals surface area contributed by atoms with E-state index in [4.69, 9.17) is 0 Å². The summed E-state index contributed by atoms with van der Waals surface area (Å²) in [6, 6.07) is 0. The van der Waals surface area contributed by atoms with Crippen LogP contribution in [0.2, 0.25) is 0 Å². The molecule has 0 aromatic rings. The van der Waals surface area contributed by atoms with Gasteiger partial charge in [-0.15, -0.1) is 0 Å². The largest absolute Gasteiger partial charge is 0.0993 e. The Morgan fingerprint density at radius 2 is 1.93 bits per heavy atom. The van der Waals surface area contributed by atoms with Gasteiger partial charge in [-0.3, -0.25) is 0 Å². The Bertz CT molecular complexity index is 240. The molecule has 0 aliphatic heterocycles. The first-order valence-electron chi connectivity index (χ1n) is 5.69. The predicted octanol–water partition coefficient (Wildman–Crippen LogP) is 4.81. The van der Waals surface area contributed by atoms with Gasteiger partial charge >= 0.3 is 0 Å². The first kappa shape index (κ1) is 11.8. The molecule has 0 heterocycles. The van der Waals surface area contributed by atoms with Crippen LogP contribution in [0.1, 0.15) is 60.3 Å². The zero-order valence-corrected chi connectivity index (χ0v) is 9.32. The molecule has 0 spiro atoms. The molecule has 0 nitrogen and oxygen atoms in total. The topological polar surface area (TPSA) is 0 Å². The lowest BCUT2D eigenvalue weighted by Crippen LogP contribution is -2.40. The fraction of sp³-hybridized carbons (Fsp3) is 0.857. The van der Waals surface area contributed by atoms with Gasteiger partial charge in [0.25, 0.3) is 0 Å². The molecule has 2 rings (SSSR count). The number of allylic oxidation sites excluding steroid dienone is 1. The second-order valence-electron chi connectivity index (χ2n) is 5.65. The number of fused-ring (bicyclic) bond motifs is 1. The predicted molar refractivity (Wildman–Crippen MR) is 64.3 cm³/mol. The van der Waals surface area contributed by atoms with Crippen LogP contribution in [0.25, 0.3) is 0 Å². The summed E-state index contributed by atoms with van der Waals surface area (Å²) in [4.78, 5) is 0. The van der Waals surface area contributed by atoms with Gasteiger partial charge in [0.05, 0.1) is 0 Å². The third kappa shape index (κ3) is 1.19. The Morgan fingerprint density at radius 3 is 2.50 bits per heavy atom. The fourth-order valence-electron chi connectivity index (χ4n) is 3.70. The lowest BCUT2D eigenvalue weighted by molar-refractivity contribution is 0.0687. The zero-order valence-electron chi connectivity index (χ0n) is 9.32. The maximum Gasteiger partial charge on any atom is -0.00627 e. The van der Waals surface area contributed by atoms with Gasteiger partial charge in [-0.05, 0) is 48.9 Å². The van der Waals surface area contributed by atoms with Crippen LogP contribution >= 0.6 is 0 Å². The Hall–Kier alpha value is -0.260. The van der Waals surface area contributed by atoms with E-state index in [2.05, 4.69) is 27.4 Å². The normalized spacial score (nSPS) is 47.1. The average Bonchev–Trinajstić information content (AvgIpc) is 2.31. The molecule has 0 aromatic heterocycles. The quantitative estimate of drug-likeness (QED) is 0.486. The van der Waals surface area contributed by atoms with Crippen LogP contribution in [0.5, 0.6) is 0 Å². The molecule has 2 aliphatic carbocycles. The van der Waals surface area contributed by atoms with Gasteiger partial charge in [-0.2, -0.15) is 0 Å². The summed E-state index contributed by atoms with van der Waals surface area (Å²) < 4.78 is 0. The lowest BCUT2D eigenvalue weighted by atomic mass is 9.55. The standard InChI is InChI=1S/C13H22.CH4/c1-10-6-5-8-12(3)11(2)7-9-13(10,12)4;/h11H,1,5-9H2,2-4H3;1H4/t11?,12?,13-;/m0./s1. The van der Waals surface area contributed by atoms with Crippen LogP contribution in [0.3, 0.4) is 0 Å². The molecule has 0 N–H and O–H groups in total. The molecule has 0 aromatic carbocycles. The van der Waals surface area contributed by atoms with Crippen LogP contribution in [-0.2, 0) is 0 Å². The van der Waals surface area contributed by atoms with E-state index >= 15 is 0 Å². The van der Waals surface area contributed by atoms with Crippen molar-refractivity contribution in [2.75, 3.05) is 0 Å². The van der Waals surface area contributed by atoms with Crippen LogP contribution in [0, 0.1) is 16.7 Å². The summed E-state index contributed by atoms with van der Waals surface area (Å²) in [5.41, 5.74) is 2.55. The molecule has 0 bridgehead atoms. The summed E-state index contributed by atoms with van der Waals surface area (Å²) in [5, 5.41) is 0. The number of hydrogen-bond donors (Lipinski definition) is 0. The minimum absolute atomic E-state index is 0. The van der Waals surface area contributed by atoms with Crippen molar-refractivity contribution in [1.29, 1.82) is 0 Å². The highest BCUT2D eigenvalue weighted by Crippen LogP contribution is 2.64. The Labute approximate surface area is 89.8 Å². The third-order valence-electron chi connectivity index (χ3n) is 5.38. The monoisotopic (exact) mass is 194 g/mol.